The van der Waals surface area contributed by atoms with Crippen LogP contribution in [0.25, 0.3) is 0 Å². The number of aryl methyl sites for hydroxylation is 1. The first kappa shape index (κ1) is 16.2. The number of nitrogens with zero attached hydrogens (tertiary/aromatic N) is 4. The van der Waals surface area contributed by atoms with Crippen LogP contribution in [-0.2, 0) is 0 Å². The Morgan fingerprint density at radius 3 is 2.67 bits per heavy atom. The minimum Gasteiger partial charge on any atom is -0.494 e. The molecule has 1 aromatic carbocycles. The Bertz CT molecular complexity index is 756. The largest absolute Gasteiger partial charge is 0.494 e. The van der Waals surface area contributed by atoms with Gasteiger partial charge in [0.1, 0.15) is 5.69 Å². The Labute approximate surface area is 137 Å². The van der Waals surface area contributed by atoms with E-state index >= 15 is 0 Å². The fraction of sp³-hybridized carbons (Fsp3) is 0.467. The van der Waals surface area contributed by atoms with Crippen molar-refractivity contribution in [1.29, 1.82) is 0 Å². The molecule has 3 rings (SSSR count). The van der Waals surface area contributed by atoms with E-state index in [1.165, 1.54) is 13.2 Å². The summed E-state index contributed by atoms with van der Waals surface area (Å²) in [5.41, 5.74) is 0.100. The van der Waals surface area contributed by atoms with Gasteiger partial charge in [0.25, 0.3) is 5.69 Å². The maximum absolute atomic E-state index is 13.8. The highest BCUT2D eigenvalue weighted by Gasteiger charge is 2.29. The molecule has 0 aliphatic carbocycles. The summed E-state index contributed by atoms with van der Waals surface area (Å²) in [6.07, 6.45) is 1.46. The smallest absolute Gasteiger partial charge is 0.295 e. The van der Waals surface area contributed by atoms with E-state index in [1.54, 1.807) is 6.92 Å². The van der Waals surface area contributed by atoms with E-state index in [-0.39, 0.29) is 17.4 Å². The summed E-state index contributed by atoms with van der Waals surface area (Å²) in [6.45, 7) is 2.89. The van der Waals surface area contributed by atoms with Gasteiger partial charge in [-0.3, -0.25) is 10.1 Å². The number of rotatable bonds is 4. The van der Waals surface area contributed by atoms with Crippen LogP contribution < -0.4 is 9.64 Å². The third-order valence-electron chi connectivity index (χ3n) is 4.19. The molecule has 0 radical (unpaired) electrons. The van der Waals surface area contributed by atoms with Crippen molar-refractivity contribution in [2.45, 2.75) is 25.7 Å². The second-order valence-electron chi connectivity index (χ2n) is 5.67. The summed E-state index contributed by atoms with van der Waals surface area (Å²) in [5.74, 6) is 0.585. The Hall–Kier alpha value is -2.71. The van der Waals surface area contributed by atoms with Gasteiger partial charge < -0.3 is 14.2 Å². The second kappa shape index (κ2) is 6.42. The topological polar surface area (TPSA) is 94.5 Å². The van der Waals surface area contributed by atoms with E-state index in [1.807, 2.05) is 4.90 Å². The van der Waals surface area contributed by atoms with Gasteiger partial charge in [0, 0.05) is 32.0 Å². The van der Waals surface area contributed by atoms with Gasteiger partial charge in [-0.05, 0) is 12.8 Å². The lowest BCUT2D eigenvalue weighted by molar-refractivity contribution is -0.384. The van der Waals surface area contributed by atoms with Crippen molar-refractivity contribution < 1.29 is 18.6 Å². The molecule has 1 aliphatic heterocycles. The summed E-state index contributed by atoms with van der Waals surface area (Å²) >= 11 is 0. The normalized spacial score (nSPS) is 15.5. The molecule has 0 N–H and O–H groups in total. The summed E-state index contributed by atoms with van der Waals surface area (Å²) in [7, 11) is 1.33. The number of ether oxygens (including phenoxy) is 1. The van der Waals surface area contributed by atoms with Crippen molar-refractivity contribution in [3.05, 3.63) is 39.8 Å². The zero-order chi connectivity index (χ0) is 17.3. The van der Waals surface area contributed by atoms with Crippen LogP contribution in [0.4, 0.5) is 15.8 Å². The molecule has 8 nitrogen and oxygen atoms in total. The van der Waals surface area contributed by atoms with Crippen molar-refractivity contribution >= 4 is 11.4 Å². The Balaban J connectivity index is 1.81. The van der Waals surface area contributed by atoms with Crippen LogP contribution in [0.5, 0.6) is 5.75 Å². The van der Waals surface area contributed by atoms with Gasteiger partial charge in [-0.1, -0.05) is 5.16 Å². The second-order valence-corrected chi connectivity index (χ2v) is 5.67. The summed E-state index contributed by atoms with van der Waals surface area (Å²) in [6, 6.07) is 2.29. The van der Waals surface area contributed by atoms with Gasteiger partial charge in [-0.15, -0.1) is 0 Å². The highest BCUT2D eigenvalue weighted by atomic mass is 19.1. The van der Waals surface area contributed by atoms with E-state index in [2.05, 4.69) is 10.1 Å². The van der Waals surface area contributed by atoms with Crippen LogP contribution >= 0.6 is 0 Å². The van der Waals surface area contributed by atoms with Crippen LogP contribution in [0.3, 0.4) is 0 Å². The molecule has 1 saturated heterocycles. The number of anilines is 1. The first-order valence-electron chi connectivity index (χ1n) is 7.56. The SMILES string of the molecule is COc1cc(N2CCC(c3noc(C)n3)CC2)c([N+](=O)[O-])cc1F. The number of nitro groups is 1. The zero-order valence-electron chi connectivity index (χ0n) is 13.4. The van der Waals surface area contributed by atoms with Crippen LogP contribution in [0.1, 0.15) is 30.5 Å². The molecular weight excluding hydrogens is 319 g/mol. The number of methoxy groups -OCH3 is 1. The van der Waals surface area contributed by atoms with Crippen LogP contribution in [0, 0.1) is 22.9 Å². The molecule has 0 bridgehead atoms. The highest BCUT2D eigenvalue weighted by Crippen LogP contribution is 2.37. The first-order valence-corrected chi connectivity index (χ1v) is 7.56. The molecule has 24 heavy (non-hydrogen) atoms. The summed E-state index contributed by atoms with van der Waals surface area (Å²) < 4.78 is 23.7. The molecule has 0 atom stereocenters. The fourth-order valence-corrected chi connectivity index (χ4v) is 2.95. The summed E-state index contributed by atoms with van der Waals surface area (Å²) in [5, 5.41) is 15.2. The minimum absolute atomic E-state index is 0.00786. The number of hydrogen-bond acceptors (Lipinski definition) is 7. The first-order chi connectivity index (χ1) is 11.5. The van der Waals surface area contributed by atoms with Crippen LogP contribution in [0.2, 0.25) is 0 Å². The molecule has 0 unspecified atom stereocenters. The molecule has 1 aliphatic rings. The molecule has 2 heterocycles. The predicted octanol–water partition coefficient (Wildman–Crippen LogP) is 2.82. The zero-order valence-corrected chi connectivity index (χ0v) is 13.4. The van der Waals surface area contributed by atoms with Crippen LogP contribution in [-0.4, -0.2) is 35.3 Å². The van der Waals surface area contributed by atoms with Gasteiger partial charge in [-0.25, -0.2) is 4.39 Å². The van der Waals surface area contributed by atoms with E-state index in [4.69, 9.17) is 9.26 Å². The van der Waals surface area contributed by atoms with Gasteiger partial charge >= 0.3 is 0 Å². The Morgan fingerprint density at radius 1 is 1.42 bits per heavy atom. The van der Waals surface area contributed by atoms with E-state index in [0.29, 0.717) is 30.5 Å². The van der Waals surface area contributed by atoms with Gasteiger partial charge in [0.2, 0.25) is 5.89 Å². The molecular formula is C15H17FN4O4. The van der Waals surface area contributed by atoms with Gasteiger partial charge in [-0.2, -0.15) is 4.98 Å². The molecule has 0 spiro atoms. The molecule has 128 valence electrons. The minimum atomic E-state index is -0.745. The third-order valence-corrected chi connectivity index (χ3v) is 4.19. The maximum Gasteiger partial charge on any atom is 0.295 e. The standard InChI is InChI=1S/C15H17FN4O4/c1-9-17-15(18-24-9)10-3-5-19(6-4-10)12-8-14(23-2)11(16)7-13(12)20(21)22/h7-8,10H,3-6H2,1-2H3. The number of piperidine rings is 1. The van der Waals surface area contributed by atoms with Crippen molar-refractivity contribution in [3.63, 3.8) is 0 Å². The van der Waals surface area contributed by atoms with Crippen molar-refractivity contribution in [3.8, 4) is 5.75 Å². The quantitative estimate of drug-likeness (QED) is 0.626. The predicted molar refractivity (Wildman–Crippen MR) is 82.8 cm³/mol. The van der Waals surface area contributed by atoms with E-state index < -0.39 is 10.7 Å². The van der Waals surface area contributed by atoms with Gasteiger partial charge in [0.15, 0.2) is 17.4 Å². The lowest BCUT2D eigenvalue weighted by Crippen LogP contribution is -2.33. The summed E-state index contributed by atoms with van der Waals surface area (Å²) in [4.78, 5) is 16.8. The molecule has 2 aromatic rings. The third kappa shape index (κ3) is 3.01. The number of aromatic nitrogens is 2. The molecule has 0 amide bonds. The van der Waals surface area contributed by atoms with E-state index in [9.17, 15) is 14.5 Å². The number of hydrogen-bond donors (Lipinski definition) is 0. The highest BCUT2D eigenvalue weighted by molar-refractivity contribution is 5.66. The van der Waals surface area contributed by atoms with Gasteiger partial charge in [0.05, 0.1) is 18.1 Å². The number of halogens is 1. The Morgan fingerprint density at radius 2 is 2.12 bits per heavy atom. The lowest BCUT2D eigenvalue weighted by Gasteiger charge is -2.32. The molecule has 9 heteroatoms. The molecule has 1 aromatic heterocycles. The van der Waals surface area contributed by atoms with Crippen molar-refractivity contribution in [2.24, 2.45) is 0 Å². The fourth-order valence-electron chi connectivity index (χ4n) is 2.95. The average Bonchev–Trinajstić information content (AvgIpc) is 3.01. The maximum atomic E-state index is 13.8. The molecule has 0 saturated carbocycles. The van der Waals surface area contributed by atoms with Crippen molar-refractivity contribution in [1.82, 2.24) is 10.1 Å². The van der Waals surface area contributed by atoms with E-state index in [0.717, 1.165) is 18.9 Å². The monoisotopic (exact) mass is 336 g/mol. The number of benzene rings is 1. The Kier molecular flexibility index (Phi) is 4.32. The average molecular weight is 336 g/mol. The molecule has 1 fully saturated rings. The van der Waals surface area contributed by atoms with Crippen molar-refractivity contribution in [2.75, 3.05) is 25.1 Å². The number of nitro benzene ring substituents is 1. The van der Waals surface area contributed by atoms with Crippen LogP contribution in [0.15, 0.2) is 16.7 Å². The lowest BCUT2D eigenvalue weighted by atomic mass is 9.95.